The molecular formula is C25H35NO5. The molecule has 0 aromatic heterocycles. The third-order valence-electron chi connectivity index (χ3n) is 8.75. The number of rotatable bonds is 4. The van der Waals surface area contributed by atoms with E-state index in [9.17, 15) is 14.4 Å². The molecule has 0 aromatic rings. The molecule has 6 atom stereocenters. The van der Waals surface area contributed by atoms with Crippen LogP contribution in [0.5, 0.6) is 0 Å². The first-order valence-electron chi connectivity index (χ1n) is 11.7. The van der Waals surface area contributed by atoms with Crippen molar-refractivity contribution in [2.75, 3.05) is 20.3 Å². The average Bonchev–Trinajstić information content (AvgIpc) is 3.10. The molecule has 6 nitrogen and oxygen atoms in total. The summed E-state index contributed by atoms with van der Waals surface area (Å²) >= 11 is 0. The lowest BCUT2D eigenvalue weighted by molar-refractivity contribution is -0.152. The van der Waals surface area contributed by atoms with Gasteiger partial charge in [-0.15, -0.1) is 0 Å². The Morgan fingerprint density at radius 3 is 2.68 bits per heavy atom. The van der Waals surface area contributed by atoms with Gasteiger partial charge in [0, 0.05) is 23.7 Å². The van der Waals surface area contributed by atoms with Crippen LogP contribution >= 0.6 is 0 Å². The molecule has 4 rings (SSSR count). The molecular weight excluding hydrogens is 394 g/mol. The van der Waals surface area contributed by atoms with Gasteiger partial charge in [-0.25, -0.2) is 4.79 Å². The molecule has 3 aliphatic carbocycles. The van der Waals surface area contributed by atoms with Crippen molar-refractivity contribution in [1.82, 2.24) is 4.90 Å². The lowest BCUT2D eigenvalue weighted by Crippen LogP contribution is -2.58. The zero-order valence-electron chi connectivity index (χ0n) is 19.2. The monoisotopic (exact) mass is 429 g/mol. The fourth-order valence-corrected chi connectivity index (χ4v) is 7.04. The molecule has 0 aromatic carbocycles. The number of esters is 1. The Balaban J connectivity index is 1.68. The third kappa shape index (κ3) is 3.42. The quantitative estimate of drug-likeness (QED) is 0.486. The number of piperidine rings is 1. The van der Waals surface area contributed by atoms with Crippen molar-refractivity contribution in [3.8, 4) is 0 Å². The van der Waals surface area contributed by atoms with Gasteiger partial charge in [0.1, 0.15) is 0 Å². The molecule has 31 heavy (non-hydrogen) atoms. The summed E-state index contributed by atoms with van der Waals surface area (Å²) in [5.41, 5.74) is 0.275. The second-order valence-corrected chi connectivity index (χ2v) is 10.2. The molecule has 0 N–H and O–H groups in total. The number of carbonyl (C=O) groups excluding carboxylic acids is 3. The molecule has 170 valence electrons. The molecule has 1 aliphatic heterocycles. The molecule has 0 unspecified atom stereocenters. The van der Waals surface area contributed by atoms with E-state index >= 15 is 0 Å². The lowest BCUT2D eigenvalue weighted by Gasteiger charge is -2.58. The van der Waals surface area contributed by atoms with Gasteiger partial charge in [-0.3, -0.25) is 14.5 Å². The van der Waals surface area contributed by atoms with Gasteiger partial charge in [-0.05, 0) is 61.3 Å². The van der Waals surface area contributed by atoms with E-state index in [1.165, 1.54) is 7.11 Å². The van der Waals surface area contributed by atoms with E-state index in [1.807, 2.05) is 6.08 Å². The van der Waals surface area contributed by atoms with Crippen LogP contribution in [0.15, 0.2) is 23.9 Å². The normalized spacial score (nSPS) is 38.6. The predicted octanol–water partition coefficient (Wildman–Crippen LogP) is 4.50. The number of allylic oxidation sites excluding steroid dienone is 3. The number of ether oxygens (including phenoxy) is 2. The maximum atomic E-state index is 13.1. The fourth-order valence-electron chi connectivity index (χ4n) is 7.04. The number of hydrogen-bond acceptors (Lipinski definition) is 5. The number of likely N-dealkylation sites (tertiary alicyclic amines) is 1. The van der Waals surface area contributed by atoms with Gasteiger partial charge in [0.2, 0.25) is 0 Å². The molecule has 4 aliphatic rings. The number of hydrogen-bond donors (Lipinski definition) is 0. The Hall–Kier alpha value is -2.11. The van der Waals surface area contributed by atoms with E-state index in [0.29, 0.717) is 25.0 Å². The smallest absolute Gasteiger partial charge is 0.414 e. The lowest BCUT2D eigenvalue weighted by atomic mass is 9.50. The van der Waals surface area contributed by atoms with Gasteiger partial charge in [0.25, 0.3) is 0 Å². The van der Waals surface area contributed by atoms with Crippen molar-refractivity contribution in [3.63, 3.8) is 0 Å². The number of nitrogens with zero attached hydrogens (tertiary/aromatic N) is 1. The molecule has 0 bridgehead atoms. The first-order valence-corrected chi connectivity index (χ1v) is 11.7. The van der Waals surface area contributed by atoms with Crippen LogP contribution in [-0.4, -0.2) is 43.0 Å². The molecule has 1 heterocycles. The largest absolute Gasteiger partial charge is 0.469 e. The van der Waals surface area contributed by atoms with E-state index in [4.69, 9.17) is 9.47 Å². The number of unbranched alkanes of at least 4 members (excludes halogenated alkanes) is 1. The van der Waals surface area contributed by atoms with Gasteiger partial charge in [0.05, 0.1) is 19.6 Å². The number of carbonyl (C=O) groups is 3. The van der Waals surface area contributed by atoms with E-state index in [2.05, 4.69) is 20.8 Å². The van der Waals surface area contributed by atoms with Crippen LogP contribution in [0.2, 0.25) is 0 Å². The van der Waals surface area contributed by atoms with Crippen LogP contribution in [-0.2, 0) is 19.1 Å². The molecule has 1 amide bonds. The van der Waals surface area contributed by atoms with Crippen molar-refractivity contribution < 1.29 is 23.9 Å². The van der Waals surface area contributed by atoms with E-state index in [-0.39, 0.29) is 40.5 Å². The third-order valence-corrected chi connectivity index (χ3v) is 8.75. The number of methoxy groups -OCH3 is 1. The Morgan fingerprint density at radius 2 is 1.97 bits per heavy atom. The first-order chi connectivity index (χ1) is 14.8. The van der Waals surface area contributed by atoms with E-state index in [0.717, 1.165) is 44.2 Å². The van der Waals surface area contributed by atoms with Crippen LogP contribution in [0.4, 0.5) is 4.79 Å². The second-order valence-electron chi connectivity index (χ2n) is 10.2. The highest BCUT2D eigenvalue weighted by Crippen LogP contribution is 2.64. The molecule has 0 spiro atoms. The van der Waals surface area contributed by atoms with Crippen LogP contribution < -0.4 is 0 Å². The summed E-state index contributed by atoms with van der Waals surface area (Å²) in [4.78, 5) is 39.6. The standard InChI is InChI=1S/C25H35NO5/c1-5-6-13-31-23(29)26-15-17-18-7-8-20(22(28)30-4)24(18,2)12-10-19(17)25(3)11-9-16(27)14-21(25)26/h9,11,14,17-20H,5-8,10,12-13,15H2,1-4H3/t17-,18-,19-,20+,24-,25+/m0/s1. The SMILES string of the molecule is CCCCOC(=O)N1C[C@H]2[C@@H]3CC[C@H](C(=O)OC)[C@@]3(C)CC[C@@H]2[C@@]2(C)C=CC(=O)C=C12. The minimum absolute atomic E-state index is 0.0791. The number of fused-ring (bicyclic) bond motifs is 5. The van der Waals surface area contributed by atoms with Gasteiger partial charge >= 0.3 is 12.1 Å². The van der Waals surface area contributed by atoms with Crippen molar-refractivity contribution in [1.29, 1.82) is 0 Å². The molecule has 2 saturated carbocycles. The van der Waals surface area contributed by atoms with Crippen LogP contribution in [0.1, 0.15) is 59.3 Å². The summed E-state index contributed by atoms with van der Waals surface area (Å²) in [6.07, 6.45) is 10.4. The maximum absolute atomic E-state index is 13.1. The van der Waals surface area contributed by atoms with Crippen LogP contribution in [0, 0.1) is 34.5 Å². The Morgan fingerprint density at radius 1 is 1.19 bits per heavy atom. The van der Waals surface area contributed by atoms with Crippen LogP contribution in [0.25, 0.3) is 0 Å². The first kappa shape index (κ1) is 22.1. The van der Waals surface area contributed by atoms with Crippen molar-refractivity contribution in [3.05, 3.63) is 23.9 Å². The second kappa shape index (κ2) is 8.10. The molecule has 0 radical (unpaired) electrons. The van der Waals surface area contributed by atoms with Gasteiger partial charge in [-0.1, -0.05) is 33.3 Å². The highest BCUT2D eigenvalue weighted by atomic mass is 16.6. The van der Waals surface area contributed by atoms with E-state index < -0.39 is 0 Å². The zero-order valence-corrected chi connectivity index (χ0v) is 19.2. The Labute approximate surface area is 185 Å². The van der Waals surface area contributed by atoms with Crippen molar-refractivity contribution in [2.24, 2.45) is 34.5 Å². The zero-order chi connectivity index (χ0) is 22.4. The summed E-state index contributed by atoms with van der Waals surface area (Å²) in [6, 6.07) is 0. The van der Waals surface area contributed by atoms with Gasteiger partial charge in [-0.2, -0.15) is 0 Å². The van der Waals surface area contributed by atoms with E-state index in [1.54, 1.807) is 17.1 Å². The van der Waals surface area contributed by atoms with Crippen LogP contribution in [0.3, 0.4) is 0 Å². The van der Waals surface area contributed by atoms with Crippen molar-refractivity contribution >= 4 is 17.8 Å². The van der Waals surface area contributed by atoms with Gasteiger partial charge < -0.3 is 9.47 Å². The molecule has 6 heteroatoms. The number of amides is 1. The Bertz CT molecular complexity index is 832. The fraction of sp³-hybridized carbons (Fsp3) is 0.720. The minimum atomic E-state index is -0.384. The predicted molar refractivity (Wildman–Crippen MR) is 116 cm³/mol. The molecule has 1 saturated heterocycles. The van der Waals surface area contributed by atoms with Gasteiger partial charge in [0.15, 0.2) is 5.78 Å². The average molecular weight is 430 g/mol. The highest BCUT2D eigenvalue weighted by molar-refractivity contribution is 6.01. The van der Waals surface area contributed by atoms with Crippen molar-refractivity contribution in [2.45, 2.75) is 59.3 Å². The highest BCUT2D eigenvalue weighted by Gasteiger charge is 2.62. The Kier molecular flexibility index (Phi) is 5.78. The maximum Gasteiger partial charge on any atom is 0.414 e. The summed E-state index contributed by atoms with van der Waals surface area (Å²) in [5.74, 6) is 0.659. The molecule has 3 fully saturated rings. The summed E-state index contributed by atoms with van der Waals surface area (Å²) in [6.45, 7) is 7.39. The summed E-state index contributed by atoms with van der Waals surface area (Å²) < 4.78 is 10.7. The summed E-state index contributed by atoms with van der Waals surface area (Å²) in [5, 5.41) is 0. The topological polar surface area (TPSA) is 72.9 Å². The minimum Gasteiger partial charge on any atom is -0.469 e. The number of ketones is 1. The summed E-state index contributed by atoms with van der Waals surface area (Å²) in [7, 11) is 1.47.